The Kier molecular flexibility index (Phi) is 8.18. The third-order valence-corrected chi connectivity index (χ3v) is 5.09. The summed E-state index contributed by atoms with van der Waals surface area (Å²) in [5.74, 6) is 6.45. The van der Waals surface area contributed by atoms with E-state index in [1.165, 1.54) is 0 Å². The van der Waals surface area contributed by atoms with Crippen molar-refractivity contribution in [2.24, 2.45) is 11.7 Å². The molecule has 0 amide bonds. The number of nitrogens with two attached hydrogens (primary N) is 1. The molecule has 0 saturated heterocycles. The van der Waals surface area contributed by atoms with E-state index in [2.05, 4.69) is 18.8 Å². The molecule has 0 aliphatic carbocycles. The highest BCUT2D eigenvalue weighted by molar-refractivity contribution is 7.91. The molecule has 1 aromatic rings. The van der Waals surface area contributed by atoms with E-state index in [0.29, 0.717) is 5.56 Å². The summed E-state index contributed by atoms with van der Waals surface area (Å²) in [4.78, 5) is 0.271. The molecule has 0 radical (unpaired) electrons. The molecule has 0 heterocycles. The number of hydrogen-bond acceptors (Lipinski definition) is 4. The highest BCUT2D eigenvalue weighted by atomic mass is 32.2. The van der Waals surface area contributed by atoms with Crippen LogP contribution in [0.3, 0.4) is 0 Å². The summed E-state index contributed by atoms with van der Waals surface area (Å²) in [6.07, 6.45) is 3.63. The maximum absolute atomic E-state index is 12.0. The van der Waals surface area contributed by atoms with Gasteiger partial charge in [0.1, 0.15) is 0 Å². The maximum Gasteiger partial charge on any atom is 0.179 e. The Labute approximate surface area is 133 Å². The summed E-state index contributed by atoms with van der Waals surface area (Å²) in [5.41, 5.74) is 6.04. The topological polar surface area (TPSA) is 80.4 Å². The van der Waals surface area contributed by atoms with Crippen LogP contribution >= 0.6 is 0 Å². The molecule has 0 saturated carbocycles. The fourth-order valence-electron chi connectivity index (χ4n) is 2.20. The molecule has 0 aliphatic rings. The molecule has 5 heteroatoms. The third-order valence-electron chi connectivity index (χ3n) is 3.35. The monoisotopic (exact) mass is 323 g/mol. The van der Waals surface area contributed by atoms with Gasteiger partial charge in [0.25, 0.3) is 0 Å². The van der Waals surface area contributed by atoms with E-state index in [0.717, 1.165) is 25.7 Å². The lowest BCUT2D eigenvalue weighted by Gasteiger charge is -2.07. The van der Waals surface area contributed by atoms with Gasteiger partial charge < -0.3 is 10.8 Å². The second kappa shape index (κ2) is 9.62. The summed E-state index contributed by atoms with van der Waals surface area (Å²) < 4.78 is 24.0. The molecule has 0 aromatic heterocycles. The normalized spacial score (nSPS) is 12.5. The van der Waals surface area contributed by atoms with Crippen molar-refractivity contribution in [3.63, 3.8) is 0 Å². The van der Waals surface area contributed by atoms with Crippen LogP contribution < -0.4 is 5.73 Å². The number of hydrogen-bond donors (Lipinski definition) is 2. The Morgan fingerprint density at radius 1 is 1.32 bits per heavy atom. The maximum atomic E-state index is 12.0. The van der Waals surface area contributed by atoms with E-state index < -0.39 is 9.84 Å². The first kappa shape index (κ1) is 18.7. The zero-order chi connectivity index (χ0) is 16.4. The van der Waals surface area contributed by atoms with E-state index in [-0.39, 0.29) is 29.7 Å². The Bertz CT molecular complexity index is 614. The van der Waals surface area contributed by atoms with E-state index in [4.69, 9.17) is 10.8 Å². The van der Waals surface area contributed by atoms with E-state index >= 15 is 0 Å². The van der Waals surface area contributed by atoms with E-state index in [1.54, 1.807) is 18.2 Å². The summed E-state index contributed by atoms with van der Waals surface area (Å²) in [6, 6.07) is 6.69. The Balaban J connectivity index is 2.92. The van der Waals surface area contributed by atoms with Gasteiger partial charge in [0.2, 0.25) is 0 Å². The van der Waals surface area contributed by atoms with Crippen molar-refractivity contribution >= 4 is 9.84 Å². The SMILES string of the molecule is CCCC(C#Cc1cccc(S(=O)(=O)CCN)c1)CCCO. The summed E-state index contributed by atoms with van der Waals surface area (Å²) in [6.45, 7) is 2.39. The molecule has 0 bridgehead atoms. The fraction of sp³-hybridized carbons (Fsp3) is 0.529. The first-order valence-corrected chi connectivity index (χ1v) is 9.34. The summed E-state index contributed by atoms with van der Waals surface area (Å²) in [5, 5.41) is 8.92. The van der Waals surface area contributed by atoms with Crippen LogP contribution in [-0.4, -0.2) is 32.4 Å². The van der Waals surface area contributed by atoms with Crippen LogP contribution in [0, 0.1) is 17.8 Å². The Morgan fingerprint density at radius 3 is 2.73 bits per heavy atom. The average molecular weight is 323 g/mol. The van der Waals surface area contributed by atoms with Crippen LogP contribution in [0.15, 0.2) is 29.2 Å². The number of benzene rings is 1. The molecule has 1 rings (SSSR count). The molecule has 122 valence electrons. The molecule has 0 fully saturated rings. The highest BCUT2D eigenvalue weighted by Crippen LogP contribution is 2.15. The second-order valence-electron chi connectivity index (χ2n) is 5.26. The van der Waals surface area contributed by atoms with Crippen molar-refractivity contribution in [1.82, 2.24) is 0 Å². The molecule has 22 heavy (non-hydrogen) atoms. The standard InChI is InChI=1S/C17H25NO3S/c1-2-5-15(7-4-12-19)9-10-16-6-3-8-17(14-16)22(20,21)13-11-18/h3,6,8,14-15,19H,2,4-5,7,11-13,18H2,1H3. The van der Waals surface area contributed by atoms with Crippen LogP contribution in [0.25, 0.3) is 0 Å². The van der Waals surface area contributed by atoms with Crippen LogP contribution in [-0.2, 0) is 9.84 Å². The predicted molar refractivity (Wildman–Crippen MR) is 89.1 cm³/mol. The predicted octanol–water partition coefficient (Wildman–Crippen LogP) is 1.96. The first-order chi connectivity index (χ1) is 10.5. The van der Waals surface area contributed by atoms with Crippen molar-refractivity contribution in [3.8, 4) is 11.8 Å². The molecular formula is C17H25NO3S. The van der Waals surface area contributed by atoms with Crippen molar-refractivity contribution in [2.75, 3.05) is 18.9 Å². The van der Waals surface area contributed by atoms with Crippen LogP contribution in [0.2, 0.25) is 0 Å². The smallest absolute Gasteiger partial charge is 0.179 e. The molecule has 1 unspecified atom stereocenters. The second-order valence-corrected chi connectivity index (χ2v) is 7.37. The molecule has 0 spiro atoms. The number of sulfone groups is 1. The number of aliphatic hydroxyl groups excluding tert-OH is 1. The molecule has 1 atom stereocenters. The number of aliphatic hydroxyl groups is 1. The summed E-state index contributed by atoms with van der Waals surface area (Å²) in [7, 11) is -3.32. The quantitative estimate of drug-likeness (QED) is 0.717. The summed E-state index contributed by atoms with van der Waals surface area (Å²) >= 11 is 0. The Hall–Kier alpha value is -1.35. The first-order valence-electron chi connectivity index (χ1n) is 7.68. The van der Waals surface area contributed by atoms with Crippen molar-refractivity contribution in [1.29, 1.82) is 0 Å². The zero-order valence-electron chi connectivity index (χ0n) is 13.1. The van der Waals surface area contributed by atoms with E-state index in [9.17, 15) is 8.42 Å². The van der Waals surface area contributed by atoms with Crippen molar-refractivity contribution < 1.29 is 13.5 Å². The van der Waals surface area contributed by atoms with Gasteiger partial charge in [-0.15, -0.1) is 0 Å². The minimum Gasteiger partial charge on any atom is -0.396 e. The lowest BCUT2D eigenvalue weighted by molar-refractivity contribution is 0.276. The number of rotatable bonds is 8. The average Bonchev–Trinajstić information content (AvgIpc) is 2.50. The van der Waals surface area contributed by atoms with Crippen LogP contribution in [0.1, 0.15) is 38.2 Å². The van der Waals surface area contributed by atoms with Gasteiger partial charge in [-0.3, -0.25) is 0 Å². The van der Waals surface area contributed by atoms with Gasteiger partial charge in [0, 0.05) is 24.6 Å². The van der Waals surface area contributed by atoms with Gasteiger partial charge in [-0.05, 0) is 37.5 Å². The molecule has 1 aromatic carbocycles. The van der Waals surface area contributed by atoms with E-state index in [1.807, 2.05) is 6.07 Å². The molecule has 0 aliphatic heterocycles. The highest BCUT2D eigenvalue weighted by Gasteiger charge is 2.13. The molecular weight excluding hydrogens is 298 g/mol. The lowest BCUT2D eigenvalue weighted by atomic mass is 9.98. The van der Waals surface area contributed by atoms with Gasteiger partial charge in [-0.2, -0.15) is 0 Å². The van der Waals surface area contributed by atoms with Gasteiger partial charge in [-0.1, -0.05) is 31.3 Å². The molecule has 3 N–H and O–H groups in total. The zero-order valence-corrected chi connectivity index (χ0v) is 13.9. The van der Waals surface area contributed by atoms with Crippen LogP contribution in [0.5, 0.6) is 0 Å². The van der Waals surface area contributed by atoms with Crippen molar-refractivity contribution in [3.05, 3.63) is 29.8 Å². The van der Waals surface area contributed by atoms with Crippen molar-refractivity contribution in [2.45, 2.75) is 37.5 Å². The van der Waals surface area contributed by atoms with Gasteiger partial charge in [0.15, 0.2) is 9.84 Å². The van der Waals surface area contributed by atoms with Gasteiger partial charge in [0.05, 0.1) is 10.6 Å². The lowest BCUT2D eigenvalue weighted by Crippen LogP contribution is -2.15. The largest absolute Gasteiger partial charge is 0.396 e. The van der Waals surface area contributed by atoms with Gasteiger partial charge >= 0.3 is 0 Å². The third kappa shape index (κ3) is 6.18. The minimum absolute atomic E-state index is 0.0567. The fourth-order valence-corrected chi connectivity index (χ4v) is 3.34. The van der Waals surface area contributed by atoms with Gasteiger partial charge in [-0.25, -0.2) is 8.42 Å². The Morgan fingerprint density at radius 2 is 2.09 bits per heavy atom. The van der Waals surface area contributed by atoms with Crippen LogP contribution in [0.4, 0.5) is 0 Å². The molecule has 4 nitrogen and oxygen atoms in total. The minimum atomic E-state index is -3.32.